The predicted octanol–water partition coefficient (Wildman–Crippen LogP) is -0.443. The number of hydrogen-bond donors (Lipinski definition) is 3. The average Bonchev–Trinajstić information content (AvgIpc) is 2.76. The summed E-state index contributed by atoms with van der Waals surface area (Å²) in [4.78, 5) is 14.0. The first-order valence-electron chi connectivity index (χ1n) is 6.58. The summed E-state index contributed by atoms with van der Waals surface area (Å²) < 4.78 is 0. The van der Waals surface area contributed by atoms with Crippen molar-refractivity contribution in [1.82, 2.24) is 15.5 Å². The van der Waals surface area contributed by atoms with Crippen molar-refractivity contribution in [3.8, 4) is 0 Å². The number of nitrogens with one attached hydrogen (secondary N) is 2. The van der Waals surface area contributed by atoms with Gasteiger partial charge in [0.2, 0.25) is 5.91 Å². The summed E-state index contributed by atoms with van der Waals surface area (Å²) in [6.45, 7) is 8.66. The van der Waals surface area contributed by atoms with Crippen molar-refractivity contribution in [3.63, 3.8) is 0 Å². The molecule has 5 heteroatoms. The lowest BCUT2D eigenvalue weighted by molar-refractivity contribution is -0.122. The average molecular weight is 243 g/mol. The predicted molar refractivity (Wildman–Crippen MR) is 67.8 cm³/mol. The third-order valence-electron chi connectivity index (χ3n) is 3.27. The second-order valence-electron chi connectivity index (χ2n) is 4.52. The Balaban J connectivity index is 2.08. The van der Waals surface area contributed by atoms with E-state index in [-0.39, 0.29) is 18.1 Å². The van der Waals surface area contributed by atoms with Gasteiger partial charge in [-0.2, -0.15) is 0 Å². The Hall–Kier alpha value is -0.650. The zero-order chi connectivity index (χ0) is 12.7. The minimum Gasteiger partial charge on any atom is -0.392 e. The van der Waals surface area contributed by atoms with Crippen molar-refractivity contribution < 1.29 is 9.90 Å². The molecule has 0 aromatic heterocycles. The maximum absolute atomic E-state index is 11.7. The molecular formula is C12H25N3O2. The van der Waals surface area contributed by atoms with Crippen LogP contribution in [0.15, 0.2) is 0 Å². The molecule has 2 atom stereocenters. The minimum atomic E-state index is -0.374. The van der Waals surface area contributed by atoms with E-state index in [2.05, 4.69) is 29.4 Å². The lowest BCUT2D eigenvalue weighted by Gasteiger charge is -2.18. The Bertz CT molecular complexity index is 232. The second-order valence-corrected chi connectivity index (χ2v) is 4.52. The molecule has 1 fully saturated rings. The first-order valence-corrected chi connectivity index (χ1v) is 6.58. The monoisotopic (exact) mass is 243 g/mol. The highest BCUT2D eigenvalue weighted by Crippen LogP contribution is 2.05. The number of carbonyl (C=O) groups is 1. The molecule has 0 saturated carbocycles. The standard InChI is InChI=1S/C12H25N3O2/c1-3-15(4-2)7-5-6-13-12(17)11-8-10(16)9-14-11/h10-11,14,16H,3-9H2,1-2H3,(H,13,17). The molecule has 2 unspecified atom stereocenters. The van der Waals surface area contributed by atoms with Crippen LogP contribution in [0.3, 0.4) is 0 Å². The lowest BCUT2D eigenvalue weighted by Crippen LogP contribution is -2.41. The van der Waals surface area contributed by atoms with Crippen molar-refractivity contribution in [1.29, 1.82) is 0 Å². The first kappa shape index (κ1) is 14.4. The number of β-amino-alcohol motifs (C(OH)–C–C–N with tert-alkyl or cyclic N) is 1. The van der Waals surface area contributed by atoms with Gasteiger partial charge < -0.3 is 20.6 Å². The van der Waals surface area contributed by atoms with Gasteiger partial charge >= 0.3 is 0 Å². The quantitative estimate of drug-likeness (QED) is 0.530. The minimum absolute atomic E-state index is 0.0149. The van der Waals surface area contributed by atoms with Gasteiger partial charge in [0.05, 0.1) is 12.1 Å². The number of aliphatic hydroxyl groups is 1. The van der Waals surface area contributed by atoms with Gasteiger partial charge in [-0.1, -0.05) is 13.8 Å². The molecule has 1 aliphatic heterocycles. The van der Waals surface area contributed by atoms with Crippen LogP contribution in [0.1, 0.15) is 26.7 Å². The number of hydrogen-bond acceptors (Lipinski definition) is 4. The SMILES string of the molecule is CCN(CC)CCCNC(=O)C1CC(O)CN1. The second kappa shape index (κ2) is 7.63. The van der Waals surface area contributed by atoms with Crippen LogP contribution in [-0.4, -0.2) is 60.8 Å². The molecule has 0 spiro atoms. The summed E-state index contributed by atoms with van der Waals surface area (Å²) in [6, 6.07) is -0.210. The van der Waals surface area contributed by atoms with Crippen LogP contribution in [0.25, 0.3) is 0 Å². The van der Waals surface area contributed by atoms with E-state index in [0.717, 1.165) is 26.1 Å². The maximum Gasteiger partial charge on any atom is 0.237 e. The number of aliphatic hydroxyl groups excluding tert-OH is 1. The number of nitrogens with zero attached hydrogens (tertiary/aromatic N) is 1. The van der Waals surface area contributed by atoms with Gasteiger partial charge in [0, 0.05) is 13.1 Å². The van der Waals surface area contributed by atoms with Crippen molar-refractivity contribution >= 4 is 5.91 Å². The summed E-state index contributed by atoms with van der Waals surface area (Å²) >= 11 is 0. The molecule has 1 aliphatic rings. The van der Waals surface area contributed by atoms with Gasteiger partial charge in [-0.05, 0) is 32.5 Å². The summed E-state index contributed by atoms with van der Waals surface area (Å²) in [5.74, 6) is 0.0149. The number of rotatable bonds is 7. The van der Waals surface area contributed by atoms with E-state index < -0.39 is 0 Å². The van der Waals surface area contributed by atoms with Crippen LogP contribution < -0.4 is 10.6 Å². The molecule has 3 N–H and O–H groups in total. The van der Waals surface area contributed by atoms with Gasteiger partial charge in [0.25, 0.3) is 0 Å². The van der Waals surface area contributed by atoms with Gasteiger partial charge in [0.15, 0.2) is 0 Å². The molecular weight excluding hydrogens is 218 g/mol. The van der Waals surface area contributed by atoms with E-state index in [1.165, 1.54) is 0 Å². The maximum atomic E-state index is 11.7. The van der Waals surface area contributed by atoms with Crippen LogP contribution in [0.2, 0.25) is 0 Å². The zero-order valence-electron chi connectivity index (χ0n) is 10.9. The highest BCUT2D eigenvalue weighted by atomic mass is 16.3. The lowest BCUT2D eigenvalue weighted by atomic mass is 10.2. The van der Waals surface area contributed by atoms with Gasteiger partial charge in [-0.15, -0.1) is 0 Å². The molecule has 0 radical (unpaired) electrons. The fourth-order valence-corrected chi connectivity index (χ4v) is 2.09. The Morgan fingerprint density at radius 3 is 2.71 bits per heavy atom. The van der Waals surface area contributed by atoms with Crippen molar-refractivity contribution in [3.05, 3.63) is 0 Å². The van der Waals surface area contributed by atoms with Gasteiger partial charge in [0.1, 0.15) is 0 Å². The molecule has 1 heterocycles. The highest BCUT2D eigenvalue weighted by molar-refractivity contribution is 5.82. The van der Waals surface area contributed by atoms with Crippen LogP contribution >= 0.6 is 0 Å². The van der Waals surface area contributed by atoms with E-state index >= 15 is 0 Å². The van der Waals surface area contributed by atoms with E-state index in [0.29, 0.717) is 19.5 Å². The van der Waals surface area contributed by atoms with Crippen molar-refractivity contribution in [2.75, 3.05) is 32.7 Å². The smallest absolute Gasteiger partial charge is 0.237 e. The molecule has 1 amide bonds. The summed E-state index contributed by atoms with van der Waals surface area (Å²) in [7, 11) is 0. The fourth-order valence-electron chi connectivity index (χ4n) is 2.09. The van der Waals surface area contributed by atoms with Crippen LogP contribution in [0.5, 0.6) is 0 Å². The van der Waals surface area contributed by atoms with Crippen LogP contribution in [0.4, 0.5) is 0 Å². The number of amides is 1. The van der Waals surface area contributed by atoms with E-state index in [1.54, 1.807) is 0 Å². The molecule has 0 aliphatic carbocycles. The largest absolute Gasteiger partial charge is 0.392 e. The topological polar surface area (TPSA) is 64.6 Å². The van der Waals surface area contributed by atoms with E-state index in [1.807, 2.05) is 0 Å². The Labute approximate surface area is 104 Å². The molecule has 17 heavy (non-hydrogen) atoms. The first-order chi connectivity index (χ1) is 8.17. The van der Waals surface area contributed by atoms with Crippen LogP contribution in [0, 0.1) is 0 Å². The molecule has 100 valence electrons. The Morgan fingerprint density at radius 2 is 2.18 bits per heavy atom. The normalized spacial score (nSPS) is 24.2. The van der Waals surface area contributed by atoms with Crippen molar-refractivity contribution in [2.45, 2.75) is 38.8 Å². The van der Waals surface area contributed by atoms with E-state index in [4.69, 9.17) is 0 Å². The molecule has 1 rings (SSSR count). The molecule has 1 saturated heterocycles. The highest BCUT2D eigenvalue weighted by Gasteiger charge is 2.27. The summed E-state index contributed by atoms with van der Waals surface area (Å²) in [6.07, 6.45) is 1.13. The third kappa shape index (κ3) is 5.02. The molecule has 0 bridgehead atoms. The van der Waals surface area contributed by atoms with Crippen LogP contribution in [-0.2, 0) is 4.79 Å². The molecule has 0 aromatic rings. The zero-order valence-corrected chi connectivity index (χ0v) is 10.9. The van der Waals surface area contributed by atoms with Gasteiger partial charge in [-0.3, -0.25) is 4.79 Å². The Morgan fingerprint density at radius 1 is 1.47 bits per heavy atom. The third-order valence-corrected chi connectivity index (χ3v) is 3.27. The van der Waals surface area contributed by atoms with Gasteiger partial charge in [-0.25, -0.2) is 0 Å². The molecule has 5 nitrogen and oxygen atoms in total. The van der Waals surface area contributed by atoms with E-state index in [9.17, 15) is 9.90 Å². The fraction of sp³-hybridized carbons (Fsp3) is 0.917. The van der Waals surface area contributed by atoms with Crippen molar-refractivity contribution in [2.24, 2.45) is 0 Å². The summed E-state index contributed by atoms with van der Waals surface area (Å²) in [5.41, 5.74) is 0. The Kier molecular flexibility index (Phi) is 6.47. The summed E-state index contributed by atoms with van der Waals surface area (Å²) in [5, 5.41) is 15.2. The molecule has 0 aromatic carbocycles. The number of carbonyl (C=O) groups excluding carboxylic acids is 1.